The molecule has 0 aliphatic rings. The zero-order valence-corrected chi connectivity index (χ0v) is 32.5. The van der Waals surface area contributed by atoms with Crippen LogP contribution in [0.2, 0.25) is 0 Å². The van der Waals surface area contributed by atoms with E-state index in [1.807, 2.05) is 30.3 Å². The number of furan rings is 1. The van der Waals surface area contributed by atoms with Crippen LogP contribution in [0.4, 0.5) is 0 Å². The van der Waals surface area contributed by atoms with Gasteiger partial charge < -0.3 is 4.42 Å². The quantitative estimate of drug-likeness (QED) is 0.0923. The highest BCUT2D eigenvalue weighted by Crippen LogP contribution is 2.38. The van der Waals surface area contributed by atoms with Crippen LogP contribution < -0.4 is 20.7 Å². The van der Waals surface area contributed by atoms with Gasteiger partial charge in [0.1, 0.15) is 11.2 Å². The van der Waals surface area contributed by atoms with Crippen molar-refractivity contribution < 1.29 is 4.42 Å². The monoisotopic (exact) mass is 757 g/mol. The van der Waals surface area contributed by atoms with E-state index in [-0.39, 0.29) is 0 Å². The fraction of sp³-hybridized carbons (Fsp3) is 0. The standard InChI is InChI=1S/C53H35N3OSi/c1-4-20-38(21-5-1)58(39-22-6-2-7-23-39,40-24-8-3-9-25-40)41-26-16-19-37(34-41)51-54-52(46-31-17-33-49-50(46)45-30-14-15-32-48(45)57-49)56-53(55-51)47-35-36-18-10-11-27-42(36)43-28-12-13-29-44(43)47/h1-35H. The lowest BCUT2D eigenvalue weighted by atomic mass is 9.96. The van der Waals surface area contributed by atoms with Crippen LogP contribution in [0.25, 0.3) is 77.6 Å². The highest BCUT2D eigenvalue weighted by molar-refractivity contribution is 7.19. The number of hydrogen-bond acceptors (Lipinski definition) is 4. The second-order valence-electron chi connectivity index (χ2n) is 14.7. The highest BCUT2D eigenvalue weighted by atomic mass is 28.3. The molecule has 0 aliphatic carbocycles. The predicted octanol–water partition coefficient (Wildman–Crippen LogP) is 10.5. The molecule has 0 saturated carbocycles. The number of aromatic nitrogens is 3. The Hall–Kier alpha value is -7.47. The third-order valence-corrected chi connectivity index (χ3v) is 16.2. The number of para-hydroxylation sites is 1. The van der Waals surface area contributed by atoms with Gasteiger partial charge >= 0.3 is 0 Å². The molecule has 4 nitrogen and oxygen atoms in total. The van der Waals surface area contributed by atoms with Crippen LogP contribution in [0, 0.1) is 0 Å². The molecule has 0 radical (unpaired) electrons. The van der Waals surface area contributed by atoms with Crippen LogP contribution in [-0.2, 0) is 0 Å². The van der Waals surface area contributed by atoms with E-state index in [4.69, 9.17) is 19.4 Å². The van der Waals surface area contributed by atoms with Gasteiger partial charge in [-0.05, 0) is 60.5 Å². The predicted molar refractivity (Wildman–Crippen MR) is 242 cm³/mol. The number of benzene rings is 9. The van der Waals surface area contributed by atoms with E-state index in [2.05, 4.69) is 182 Å². The number of rotatable bonds is 7. The third kappa shape index (κ3) is 5.47. The maximum atomic E-state index is 6.36. The molecule has 11 aromatic rings. The van der Waals surface area contributed by atoms with Crippen molar-refractivity contribution in [2.75, 3.05) is 0 Å². The normalized spacial score (nSPS) is 11.8. The molecule has 11 rings (SSSR count). The van der Waals surface area contributed by atoms with Gasteiger partial charge in [0.15, 0.2) is 25.5 Å². The Balaban J connectivity index is 1.21. The summed E-state index contributed by atoms with van der Waals surface area (Å²) >= 11 is 0. The van der Waals surface area contributed by atoms with Crippen LogP contribution in [-0.4, -0.2) is 23.0 Å². The van der Waals surface area contributed by atoms with Crippen molar-refractivity contribution in [3.63, 3.8) is 0 Å². The Morgan fingerprint density at radius 1 is 0.328 bits per heavy atom. The first-order valence-electron chi connectivity index (χ1n) is 19.6. The average Bonchev–Trinajstić information content (AvgIpc) is 3.69. The SMILES string of the molecule is c1ccc([Si](c2ccccc2)(c2ccccc2)c2cccc(-c3nc(-c4cc5ccccc5c5ccccc45)nc(-c4cccc5oc6ccccc6c45)n3)c2)cc1. The summed E-state index contributed by atoms with van der Waals surface area (Å²) < 4.78 is 6.36. The summed E-state index contributed by atoms with van der Waals surface area (Å²) in [6.45, 7) is 0. The Bertz CT molecular complexity index is 3190. The fourth-order valence-corrected chi connectivity index (χ4v) is 13.7. The lowest BCUT2D eigenvalue weighted by Gasteiger charge is -2.34. The van der Waals surface area contributed by atoms with Gasteiger partial charge in [-0.2, -0.15) is 0 Å². The second-order valence-corrected chi connectivity index (χ2v) is 18.5. The Morgan fingerprint density at radius 3 is 1.52 bits per heavy atom. The summed E-state index contributed by atoms with van der Waals surface area (Å²) in [7, 11) is -2.83. The first-order valence-corrected chi connectivity index (χ1v) is 21.6. The molecule has 0 fully saturated rings. The van der Waals surface area contributed by atoms with E-state index in [9.17, 15) is 0 Å². The average molecular weight is 758 g/mol. The van der Waals surface area contributed by atoms with Gasteiger partial charge in [-0.25, -0.2) is 15.0 Å². The van der Waals surface area contributed by atoms with Crippen molar-refractivity contribution in [3.05, 3.63) is 212 Å². The van der Waals surface area contributed by atoms with E-state index in [1.165, 1.54) is 26.1 Å². The van der Waals surface area contributed by atoms with Crippen LogP contribution >= 0.6 is 0 Å². The minimum absolute atomic E-state index is 0.595. The van der Waals surface area contributed by atoms with Gasteiger partial charge in [-0.15, -0.1) is 0 Å². The summed E-state index contributed by atoms with van der Waals surface area (Å²) in [5.74, 6) is 1.83. The van der Waals surface area contributed by atoms with Crippen molar-refractivity contribution >= 4 is 72.3 Å². The lowest BCUT2D eigenvalue weighted by molar-refractivity contribution is 0.669. The first-order chi connectivity index (χ1) is 28.8. The van der Waals surface area contributed by atoms with Crippen molar-refractivity contribution in [2.45, 2.75) is 0 Å². The van der Waals surface area contributed by atoms with Gasteiger partial charge in [0.05, 0.1) is 0 Å². The molecule has 0 N–H and O–H groups in total. The lowest BCUT2D eigenvalue weighted by Crippen LogP contribution is -2.74. The van der Waals surface area contributed by atoms with Crippen LogP contribution in [0.1, 0.15) is 0 Å². The van der Waals surface area contributed by atoms with Gasteiger partial charge in [0.25, 0.3) is 0 Å². The van der Waals surface area contributed by atoms with Crippen molar-refractivity contribution in [1.82, 2.24) is 15.0 Å². The molecule has 0 unspecified atom stereocenters. The zero-order chi connectivity index (χ0) is 38.5. The number of hydrogen-bond donors (Lipinski definition) is 0. The fourth-order valence-electron chi connectivity index (χ4n) is 8.90. The van der Waals surface area contributed by atoms with Gasteiger partial charge in [0, 0.05) is 27.5 Å². The van der Waals surface area contributed by atoms with Crippen LogP contribution in [0.15, 0.2) is 217 Å². The number of fused-ring (bicyclic) bond motifs is 6. The molecule has 2 heterocycles. The second kappa shape index (κ2) is 13.9. The molecule has 9 aromatic carbocycles. The molecule has 5 heteroatoms. The Labute approximate surface area is 336 Å². The smallest absolute Gasteiger partial charge is 0.179 e. The van der Waals surface area contributed by atoms with E-state index in [0.717, 1.165) is 54.8 Å². The van der Waals surface area contributed by atoms with Crippen molar-refractivity contribution in [2.24, 2.45) is 0 Å². The minimum Gasteiger partial charge on any atom is -0.456 e. The largest absolute Gasteiger partial charge is 0.456 e. The molecule has 272 valence electrons. The molecule has 0 amide bonds. The van der Waals surface area contributed by atoms with Gasteiger partial charge in [-0.1, -0.05) is 194 Å². The molecule has 0 saturated heterocycles. The molecule has 0 aliphatic heterocycles. The van der Waals surface area contributed by atoms with Crippen LogP contribution in [0.5, 0.6) is 0 Å². The van der Waals surface area contributed by atoms with E-state index >= 15 is 0 Å². The first kappa shape index (κ1) is 33.8. The summed E-state index contributed by atoms with van der Waals surface area (Å²) in [5.41, 5.74) is 4.41. The summed E-state index contributed by atoms with van der Waals surface area (Å²) in [5, 5.41) is 11.8. The topological polar surface area (TPSA) is 51.8 Å². The molecular weight excluding hydrogens is 723 g/mol. The van der Waals surface area contributed by atoms with Crippen molar-refractivity contribution in [3.8, 4) is 34.2 Å². The molecular formula is C53H35N3OSi. The molecule has 0 spiro atoms. The van der Waals surface area contributed by atoms with E-state index < -0.39 is 8.07 Å². The maximum Gasteiger partial charge on any atom is 0.179 e. The zero-order valence-electron chi connectivity index (χ0n) is 31.5. The molecule has 0 bridgehead atoms. The molecule has 58 heavy (non-hydrogen) atoms. The van der Waals surface area contributed by atoms with Crippen molar-refractivity contribution in [1.29, 1.82) is 0 Å². The summed E-state index contributed by atoms with van der Waals surface area (Å²) in [4.78, 5) is 16.1. The highest BCUT2D eigenvalue weighted by Gasteiger charge is 2.41. The third-order valence-electron chi connectivity index (χ3n) is 11.5. The molecule has 0 atom stereocenters. The maximum absolute atomic E-state index is 6.36. The molecule has 2 aromatic heterocycles. The Kier molecular flexibility index (Phi) is 8.12. The Morgan fingerprint density at radius 2 is 0.828 bits per heavy atom. The summed E-state index contributed by atoms with van der Waals surface area (Å²) in [6.07, 6.45) is 0. The van der Waals surface area contributed by atoms with Gasteiger partial charge in [-0.3, -0.25) is 0 Å². The summed E-state index contributed by atoms with van der Waals surface area (Å²) in [6, 6.07) is 75.5. The van der Waals surface area contributed by atoms with E-state index in [0.29, 0.717) is 17.5 Å². The minimum atomic E-state index is -2.83. The van der Waals surface area contributed by atoms with E-state index in [1.54, 1.807) is 0 Å². The van der Waals surface area contributed by atoms with Gasteiger partial charge in [0.2, 0.25) is 0 Å². The number of nitrogens with zero attached hydrogens (tertiary/aromatic N) is 3. The van der Waals surface area contributed by atoms with Crippen LogP contribution in [0.3, 0.4) is 0 Å².